The lowest BCUT2D eigenvalue weighted by atomic mass is 10.1. The second-order valence-corrected chi connectivity index (χ2v) is 7.07. The minimum atomic E-state index is -0.634. The van der Waals surface area contributed by atoms with Gasteiger partial charge in [0.1, 0.15) is 23.0 Å². The molecule has 0 amide bonds. The fourth-order valence-electron chi connectivity index (χ4n) is 3.93. The van der Waals surface area contributed by atoms with Gasteiger partial charge in [0.15, 0.2) is 13.2 Å². The molecule has 29 heavy (non-hydrogen) atoms. The molecule has 0 spiro atoms. The molecule has 2 aliphatic heterocycles. The molecule has 0 aromatic heterocycles. The van der Waals surface area contributed by atoms with Crippen LogP contribution in [0, 0.1) is 0 Å². The number of ether oxygens (including phenoxy) is 5. The zero-order valence-corrected chi connectivity index (χ0v) is 15.5. The maximum Gasteiger partial charge on any atom is 0.237 e. The van der Waals surface area contributed by atoms with Crippen LogP contribution in [0.3, 0.4) is 0 Å². The Bertz CT molecular complexity index is 1120. The van der Waals surface area contributed by atoms with Crippen molar-refractivity contribution in [3.05, 3.63) is 72.8 Å². The summed E-state index contributed by atoms with van der Waals surface area (Å²) in [7, 11) is 0. The van der Waals surface area contributed by atoms with E-state index in [9.17, 15) is 0 Å². The first kappa shape index (κ1) is 16.5. The average Bonchev–Trinajstić information content (AvgIpc) is 2.76. The van der Waals surface area contributed by atoms with Gasteiger partial charge in [-0.1, -0.05) is 48.5 Å². The van der Waals surface area contributed by atoms with E-state index >= 15 is 0 Å². The predicted molar refractivity (Wildman–Crippen MR) is 109 cm³/mol. The molecular formula is C24H18O5. The summed E-state index contributed by atoms with van der Waals surface area (Å²) in [5.74, 6) is 3.15. The number of benzene rings is 4. The first-order valence-electron chi connectivity index (χ1n) is 9.63. The third kappa shape index (κ3) is 2.82. The van der Waals surface area contributed by atoms with Gasteiger partial charge in [0.2, 0.25) is 12.6 Å². The Morgan fingerprint density at radius 2 is 0.897 bits per heavy atom. The molecule has 144 valence electrons. The van der Waals surface area contributed by atoms with Gasteiger partial charge >= 0.3 is 0 Å². The normalized spacial score (nSPS) is 20.0. The molecule has 2 heterocycles. The molecule has 0 saturated carbocycles. The van der Waals surface area contributed by atoms with Crippen molar-refractivity contribution in [2.24, 2.45) is 0 Å². The SMILES string of the molecule is c1cc2c3cccc(c3c1)OCC(OC1COc3cccc4c(cccc34)O1)O2. The van der Waals surface area contributed by atoms with Crippen molar-refractivity contribution in [2.45, 2.75) is 12.6 Å². The summed E-state index contributed by atoms with van der Waals surface area (Å²) in [6, 6.07) is 23.7. The van der Waals surface area contributed by atoms with Crippen molar-refractivity contribution in [3.63, 3.8) is 0 Å². The van der Waals surface area contributed by atoms with Gasteiger partial charge in [0.05, 0.1) is 0 Å². The molecule has 5 heteroatoms. The van der Waals surface area contributed by atoms with Crippen molar-refractivity contribution >= 4 is 21.5 Å². The van der Waals surface area contributed by atoms with Gasteiger partial charge in [-0.15, -0.1) is 0 Å². The van der Waals surface area contributed by atoms with E-state index in [0.717, 1.165) is 44.5 Å². The summed E-state index contributed by atoms with van der Waals surface area (Å²) in [5, 5.41) is 4.04. The summed E-state index contributed by atoms with van der Waals surface area (Å²) < 4.78 is 30.4. The van der Waals surface area contributed by atoms with Gasteiger partial charge < -0.3 is 18.9 Å². The van der Waals surface area contributed by atoms with Gasteiger partial charge in [-0.05, 0) is 24.3 Å². The third-order valence-electron chi connectivity index (χ3n) is 5.25. The van der Waals surface area contributed by atoms with Crippen molar-refractivity contribution in [3.8, 4) is 23.0 Å². The van der Waals surface area contributed by atoms with Gasteiger partial charge in [0, 0.05) is 21.5 Å². The quantitative estimate of drug-likeness (QED) is 0.490. The summed E-state index contributed by atoms with van der Waals surface area (Å²) in [6.07, 6.45) is -1.27. The molecule has 2 unspecified atom stereocenters. The molecule has 8 bridgehead atoms. The van der Waals surface area contributed by atoms with Crippen molar-refractivity contribution in [2.75, 3.05) is 13.2 Å². The third-order valence-corrected chi connectivity index (χ3v) is 5.25. The maximum absolute atomic E-state index is 6.14. The van der Waals surface area contributed by atoms with Gasteiger partial charge in [-0.2, -0.15) is 0 Å². The van der Waals surface area contributed by atoms with Gasteiger partial charge in [-0.25, -0.2) is 0 Å². The fourth-order valence-corrected chi connectivity index (χ4v) is 3.93. The minimum absolute atomic E-state index is 0.247. The van der Waals surface area contributed by atoms with Crippen LogP contribution in [-0.2, 0) is 4.74 Å². The second kappa shape index (κ2) is 6.57. The molecular weight excluding hydrogens is 368 g/mol. The minimum Gasteiger partial charge on any atom is -0.486 e. The standard InChI is InChI=1S/C24H18O5/c1-7-17-15-5-3-11-21(17)27-23(13-25-19(15)9-1)29-24-14-26-20-10-2-8-18-16(20)6-4-12-22(18)28-24/h1-12,23-24H,13-14H2. The number of hydrogen-bond acceptors (Lipinski definition) is 5. The molecule has 0 radical (unpaired) electrons. The molecule has 2 atom stereocenters. The van der Waals surface area contributed by atoms with Crippen LogP contribution in [0.2, 0.25) is 0 Å². The van der Waals surface area contributed by atoms with E-state index in [2.05, 4.69) is 0 Å². The predicted octanol–water partition coefficient (Wildman–Crippen LogP) is 4.90. The van der Waals surface area contributed by atoms with Gasteiger partial charge in [-0.3, -0.25) is 4.74 Å². The summed E-state index contributed by atoms with van der Waals surface area (Å²) >= 11 is 0. The van der Waals surface area contributed by atoms with Crippen LogP contribution in [0.5, 0.6) is 23.0 Å². The summed E-state index contributed by atoms with van der Waals surface area (Å²) in [5.41, 5.74) is 0. The zero-order valence-electron chi connectivity index (χ0n) is 15.5. The highest BCUT2D eigenvalue weighted by Crippen LogP contribution is 2.36. The monoisotopic (exact) mass is 386 g/mol. The van der Waals surface area contributed by atoms with Crippen LogP contribution in [0.15, 0.2) is 72.8 Å². The van der Waals surface area contributed by atoms with Crippen molar-refractivity contribution < 1.29 is 23.7 Å². The average molecular weight is 386 g/mol. The van der Waals surface area contributed by atoms with E-state index in [-0.39, 0.29) is 13.2 Å². The van der Waals surface area contributed by atoms with E-state index in [4.69, 9.17) is 23.7 Å². The molecule has 4 aromatic carbocycles. The van der Waals surface area contributed by atoms with Crippen LogP contribution in [0.25, 0.3) is 21.5 Å². The Morgan fingerprint density at radius 3 is 1.34 bits per heavy atom. The smallest absolute Gasteiger partial charge is 0.237 e. The van der Waals surface area contributed by atoms with Crippen LogP contribution < -0.4 is 18.9 Å². The molecule has 4 aromatic rings. The second-order valence-electron chi connectivity index (χ2n) is 7.07. The van der Waals surface area contributed by atoms with Crippen LogP contribution in [0.4, 0.5) is 0 Å². The molecule has 0 saturated heterocycles. The van der Waals surface area contributed by atoms with E-state index < -0.39 is 12.6 Å². The Kier molecular flexibility index (Phi) is 3.74. The van der Waals surface area contributed by atoms with E-state index in [0.29, 0.717) is 0 Å². The molecule has 2 aliphatic rings. The lowest BCUT2D eigenvalue weighted by Gasteiger charge is -2.29. The molecule has 6 rings (SSSR count). The first-order chi connectivity index (χ1) is 14.3. The van der Waals surface area contributed by atoms with Crippen LogP contribution in [0.1, 0.15) is 0 Å². The van der Waals surface area contributed by atoms with Gasteiger partial charge in [0.25, 0.3) is 0 Å². The first-order valence-corrected chi connectivity index (χ1v) is 9.63. The maximum atomic E-state index is 6.14. The molecule has 5 nitrogen and oxygen atoms in total. The summed E-state index contributed by atoms with van der Waals surface area (Å²) in [6.45, 7) is 0.494. The highest BCUT2D eigenvalue weighted by molar-refractivity contribution is 5.94. The lowest BCUT2D eigenvalue weighted by Crippen LogP contribution is -2.39. The Labute approximate surface area is 167 Å². The Balaban J connectivity index is 1.30. The number of hydrogen-bond donors (Lipinski definition) is 0. The summed E-state index contributed by atoms with van der Waals surface area (Å²) in [4.78, 5) is 0. The molecule has 0 N–H and O–H groups in total. The Morgan fingerprint density at radius 1 is 0.517 bits per heavy atom. The molecule has 0 fully saturated rings. The van der Waals surface area contributed by atoms with Crippen LogP contribution >= 0.6 is 0 Å². The number of rotatable bonds is 2. The Hall–Kier alpha value is -3.44. The topological polar surface area (TPSA) is 46.2 Å². The van der Waals surface area contributed by atoms with E-state index in [1.165, 1.54) is 0 Å². The van der Waals surface area contributed by atoms with Crippen molar-refractivity contribution in [1.29, 1.82) is 0 Å². The van der Waals surface area contributed by atoms with Crippen molar-refractivity contribution in [1.82, 2.24) is 0 Å². The lowest BCUT2D eigenvalue weighted by molar-refractivity contribution is -0.203. The van der Waals surface area contributed by atoms with E-state index in [1.54, 1.807) is 0 Å². The van der Waals surface area contributed by atoms with Crippen LogP contribution in [-0.4, -0.2) is 25.8 Å². The highest BCUT2D eigenvalue weighted by atomic mass is 16.8. The van der Waals surface area contributed by atoms with E-state index in [1.807, 2.05) is 72.8 Å². The highest BCUT2D eigenvalue weighted by Gasteiger charge is 2.26. The fraction of sp³-hybridized carbons (Fsp3) is 0.167. The largest absolute Gasteiger partial charge is 0.486 e. The zero-order chi connectivity index (χ0) is 19.2. The molecule has 0 aliphatic carbocycles.